The van der Waals surface area contributed by atoms with Gasteiger partial charge in [-0.1, -0.05) is 43.2 Å². The molecule has 0 atom stereocenters. The van der Waals surface area contributed by atoms with Gasteiger partial charge in [0.15, 0.2) is 0 Å². The maximum Gasteiger partial charge on any atom is 0.117 e. The van der Waals surface area contributed by atoms with E-state index in [1.807, 2.05) is 30.3 Å². The van der Waals surface area contributed by atoms with Crippen LogP contribution in [-0.4, -0.2) is 32.7 Å². The lowest BCUT2D eigenvalue weighted by Gasteiger charge is -2.22. The molecule has 3 N–H and O–H groups in total. The SMILES string of the molecule is OC1(CNCc2n[nH]nc2-c2ccccc2)CCCC1. The largest absolute Gasteiger partial charge is 0.389 e. The number of nitrogens with one attached hydrogen (secondary N) is 2. The molecule has 0 spiro atoms. The van der Waals surface area contributed by atoms with Gasteiger partial charge in [-0.05, 0) is 12.8 Å². The Morgan fingerprint density at radius 3 is 2.65 bits per heavy atom. The number of aromatic nitrogens is 3. The molecule has 1 aliphatic carbocycles. The monoisotopic (exact) mass is 272 g/mol. The van der Waals surface area contributed by atoms with Crippen LogP contribution in [0, 0.1) is 0 Å². The minimum Gasteiger partial charge on any atom is -0.389 e. The summed E-state index contributed by atoms with van der Waals surface area (Å²) in [5.74, 6) is 0. The molecule has 0 bridgehead atoms. The van der Waals surface area contributed by atoms with Gasteiger partial charge >= 0.3 is 0 Å². The van der Waals surface area contributed by atoms with E-state index in [4.69, 9.17) is 0 Å². The number of aliphatic hydroxyl groups is 1. The molecule has 1 aromatic heterocycles. The van der Waals surface area contributed by atoms with Gasteiger partial charge in [-0.3, -0.25) is 0 Å². The average molecular weight is 272 g/mol. The van der Waals surface area contributed by atoms with Crippen molar-refractivity contribution in [3.05, 3.63) is 36.0 Å². The van der Waals surface area contributed by atoms with Gasteiger partial charge in [0.1, 0.15) is 11.4 Å². The minimum atomic E-state index is -0.531. The van der Waals surface area contributed by atoms with Gasteiger partial charge in [-0.15, -0.1) is 0 Å². The Morgan fingerprint density at radius 2 is 1.90 bits per heavy atom. The fourth-order valence-electron chi connectivity index (χ4n) is 2.83. The molecule has 0 radical (unpaired) electrons. The van der Waals surface area contributed by atoms with E-state index in [1.54, 1.807) is 0 Å². The topological polar surface area (TPSA) is 73.8 Å². The Balaban J connectivity index is 1.63. The molecule has 20 heavy (non-hydrogen) atoms. The first kappa shape index (κ1) is 13.3. The van der Waals surface area contributed by atoms with Crippen molar-refractivity contribution in [1.82, 2.24) is 20.7 Å². The molecular weight excluding hydrogens is 252 g/mol. The van der Waals surface area contributed by atoms with Crippen LogP contribution in [0.4, 0.5) is 0 Å². The highest BCUT2D eigenvalue weighted by molar-refractivity contribution is 5.60. The molecule has 1 heterocycles. The molecule has 2 aromatic rings. The second-order valence-corrected chi connectivity index (χ2v) is 5.52. The summed E-state index contributed by atoms with van der Waals surface area (Å²) >= 11 is 0. The van der Waals surface area contributed by atoms with Crippen LogP contribution in [-0.2, 0) is 6.54 Å². The van der Waals surface area contributed by atoms with Gasteiger partial charge in [0.2, 0.25) is 0 Å². The minimum absolute atomic E-state index is 0.531. The highest BCUT2D eigenvalue weighted by Crippen LogP contribution is 2.28. The molecular formula is C15H20N4O. The maximum atomic E-state index is 10.3. The molecule has 106 valence electrons. The molecule has 5 heteroatoms. The molecule has 1 saturated carbocycles. The van der Waals surface area contributed by atoms with E-state index in [1.165, 1.54) is 0 Å². The van der Waals surface area contributed by atoms with E-state index < -0.39 is 5.60 Å². The first-order valence-electron chi connectivity index (χ1n) is 7.15. The van der Waals surface area contributed by atoms with Gasteiger partial charge in [-0.2, -0.15) is 15.4 Å². The first-order valence-corrected chi connectivity index (χ1v) is 7.15. The lowest BCUT2D eigenvalue weighted by molar-refractivity contribution is 0.0474. The highest BCUT2D eigenvalue weighted by atomic mass is 16.3. The third kappa shape index (κ3) is 2.89. The number of benzene rings is 1. The maximum absolute atomic E-state index is 10.3. The lowest BCUT2D eigenvalue weighted by atomic mass is 10.0. The predicted octanol–water partition coefficient (Wildman–Crippen LogP) is 1.87. The number of hydrogen-bond donors (Lipinski definition) is 3. The van der Waals surface area contributed by atoms with E-state index in [9.17, 15) is 5.11 Å². The van der Waals surface area contributed by atoms with Gasteiger partial charge in [0, 0.05) is 18.7 Å². The number of H-pyrrole nitrogens is 1. The molecule has 0 saturated heterocycles. The third-order valence-electron chi connectivity index (χ3n) is 3.95. The van der Waals surface area contributed by atoms with E-state index >= 15 is 0 Å². The Hall–Kier alpha value is -1.72. The number of hydrogen-bond acceptors (Lipinski definition) is 4. The zero-order chi connectivity index (χ0) is 13.8. The smallest absolute Gasteiger partial charge is 0.117 e. The van der Waals surface area contributed by atoms with Crippen LogP contribution in [0.15, 0.2) is 30.3 Å². The Morgan fingerprint density at radius 1 is 1.15 bits per heavy atom. The average Bonchev–Trinajstić information content (AvgIpc) is 3.10. The van der Waals surface area contributed by atoms with Crippen molar-refractivity contribution in [2.45, 2.75) is 37.8 Å². The van der Waals surface area contributed by atoms with Crippen molar-refractivity contribution >= 4 is 0 Å². The summed E-state index contributed by atoms with van der Waals surface area (Å²) in [7, 11) is 0. The summed E-state index contributed by atoms with van der Waals surface area (Å²) in [5, 5.41) is 24.7. The first-order chi connectivity index (χ1) is 9.77. The second kappa shape index (κ2) is 5.73. The van der Waals surface area contributed by atoms with Crippen LogP contribution in [0.1, 0.15) is 31.4 Å². The number of nitrogens with zero attached hydrogens (tertiary/aromatic N) is 2. The predicted molar refractivity (Wildman–Crippen MR) is 76.9 cm³/mol. The summed E-state index contributed by atoms with van der Waals surface area (Å²) in [6.45, 7) is 1.23. The van der Waals surface area contributed by atoms with Crippen LogP contribution in [0.3, 0.4) is 0 Å². The van der Waals surface area contributed by atoms with Gasteiger partial charge in [-0.25, -0.2) is 0 Å². The molecule has 0 aliphatic heterocycles. The van der Waals surface area contributed by atoms with Crippen molar-refractivity contribution in [1.29, 1.82) is 0 Å². The highest BCUT2D eigenvalue weighted by Gasteiger charge is 2.30. The quantitative estimate of drug-likeness (QED) is 0.777. The summed E-state index contributed by atoms with van der Waals surface area (Å²) in [6, 6.07) is 10.00. The Bertz CT molecular complexity index is 546. The summed E-state index contributed by atoms with van der Waals surface area (Å²) < 4.78 is 0. The normalized spacial score (nSPS) is 17.4. The van der Waals surface area contributed by atoms with Crippen LogP contribution >= 0.6 is 0 Å². The summed E-state index contributed by atoms with van der Waals surface area (Å²) in [5.41, 5.74) is 2.28. The van der Waals surface area contributed by atoms with Crippen molar-refractivity contribution in [3.63, 3.8) is 0 Å². The Labute approximate surface area is 118 Å². The molecule has 0 unspecified atom stereocenters. The Kier molecular flexibility index (Phi) is 3.80. The number of rotatable bonds is 5. The second-order valence-electron chi connectivity index (χ2n) is 5.52. The fraction of sp³-hybridized carbons (Fsp3) is 0.467. The lowest BCUT2D eigenvalue weighted by Crippen LogP contribution is -2.37. The van der Waals surface area contributed by atoms with E-state index in [2.05, 4.69) is 20.7 Å². The zero-order valence-corrected chi connectivity index (χ0v) is 11.5. The fourth-order valence-corrected chi connectivity index (χ4v) is 2.83. The molecule has 0 amide bonds. The third-order valence-corrected chi connectivity index (χ3v) is 3.95. The molecule has 3 rings (SSSR count). The summed E-state index contributed by atoms with van der Waals surface area (Å²) in [6.07, 6.45) is 4.03. The van der Waals surface area contributed by atoms with Crippen molar-refractivity contribution in [3.8, 4) is 11.3 Å². The molecule has 1 aromatic carbocycles. The van der Waals surface area contributed by atoms with Crippen molar-refractivity contribution < 1.29 is 5.11 Å². The van der Waals surface area contributed by atoms with Crippen LogP contribution < -0.4 is 5.32 Å². The van der Waals surface area contributed by atoms with E-state index in [0.717, 1.165) is 42.6 Å². The van der Waals surface area contributed by atoms with E-state index in [-0.39, 0.29) is 0 Å². The zero-order valence-electron chi connectivity index (χ0n) is 11.5. The van der Waals surface area contributed by atoms with Crippen molar-refractivity contribution in [2.75, 3.05) is 6.54 Å². The van der Waals surface area contributed by atoms with Gasteiger partial charge in [0.05, 0.1) is 5.60 Å². The molecule has 1 aliphatic rings. The van der Waals surface area contributed by atoms with Gasteiger partial charge < -0.3 is 10.4 Å². The van der Waals surface area contributed by atoms with Crippen LogP contribution in [0.25, 0.3) is 11.3 Å². The molecule has 1 fully saturated rings. The number of aromatic amines is 1. The van der Waals surface area contributed by atoms with Gasteiger partial charge in [0.25, 0.3) is 0 Å². The summed E-state index contributed by atoms with van der Waals surface area (Å²) in [4.78, 5) is 0. The van der Waals surface area contributed by atoms with Crippen LogP contribution in [0.2, 0.25) is 0 Å². The van der Waals surface area contributed by atoms with E-state index in [0.29, 0.717) is 13.1 Å². The van der Waals surface area contributed by atoms with Crippen LogP contribution in [0.5, 0.6) is 0 Å². The van der Waals surface area contributed by atoms with Crippen molar-refractivity contribution in [2.24, 2.45) is 0 Å². The molecule has 5 nitrogen and oxygen atoms in total. The standard InChI is InChI=1S/C15H20N4O/c20-15(8-4-5-9-15)11-16-10-13-14(18-19-17-13)12-6-2-1-3-7-12/h1-3,6-7,16,20H,4-5,8-11H2,(H,17,18,19).